The number of esters is 1. The maximum Gasteiger partial charge on any atom is 0.323 e. The van der Waals surface area contributed by atoms with Gasteiger partial charge in [-0.05, 0) is 26.3 Å². The fourth-order valence-electron chi connectivity index (χ4n) is 1.42. The van der Waals surface area contributed by atoms with Crippen LogP contribution in [0.1, 0.15) is 32.3 Å². The van der Waals surface area contributed by atoms with Crippen LogP contribution in [-0.4, -0.2) is 17.5 Å². The minimum absolute atomic E-state index is 0.550. The Bertz CT molecular complexity index is 406. The van der Waals surface area contributed by atoms with Crippen LogP contribution in [0.15, 0.2) is 30.3 Å². The van der Waals surface area contributed by atoms with Crippen LogP contribution in [0.5, 0.6) is 0 Å². The van der Waals surface area contributed by atoms with E-state index < -0.39 is 23.4 Å². The monoisotopic (exact) mass is 235 g/mol. The second-order valence-electron chi connectivity index (χ2n) is 4.78. The molecule has 0 saturated heterocycles. The van der Waals surface area contributed by atoms with Crippen molar-refractivity contribution in [3.63, 3.8) is 0 Å². The smallest absolute Gasteiger partial charge is 0.323 e. The Morgan fingerprint density at radius 2 is 1.71 bits per heavy atom. The van der Waals surface area contributed by atoms with E-state index in [0.717, 1.165) is 0 Å². The lowest BCUT2D eigenvalue weighted by Crippen LogP contribution is -2.34. The third-order valence-corrected chi connectivity index (χ3v) is 2.06. The lowest BCUT2D eigenvalue weighted by Gasteiger charge is -2.22. The van der Waals surface area contributed by atoms with Crippen molar-refractivity contribution in [2.24, 2.45) is 5.73 Å². The van der Waals surface area contributed by atoms with Gasteiger partial charge in [-0.2, -0.15) is 0 Å². The molecule has 1 aromatic rings. The van der Waals surface area contributed by atoms with Gasteiger partial charge in [0.15, 0.2) is 5.92 Å². The average Bonchev–Trinajstić information content (AvgIpc) is 2.15. The van der Waals surface area contributed by atoms with E-state index in [9.17, 15) is 9.59 Å². The Labute approximate surface area is 101 Å². The van der Waals surface area contributed by atoms with E-state index in [0.29, 0.717) is 5.56 Å². The first kappa shape index (κ1) is 13.2. The van der Waals surface area contributed by atoms with Gasteiger partial charge in [0, 0.05) is 0 Å². The van der Waals surface area contributed by atoms with Crippen LogP contribution in [-0.2, 0) is 14.3 Å². The van der Waals surface area contributed by atoms with E-state index >= 15 is 0 Å². The molecule has 0 spiro atoms. The Morgan fingerprint density at radius 3 is 2.12 bits per heavy atom. The summed E-state index contributed by atoms with van der Waals surface area (Å²) >= 11 is 0. The highest BCUT2D eigenvalue weighted by atomic mass is 16.6. The first-order valence-corrected chi connectivity index (χ1v) is 5.38. The minimum Gasteiger partial charge on any atom is -0.459 e. The van der Waals surface area contributed by atoms with Gasteiger partial charge in [0.05, 0.1) is 0 Å². The zero-order valence-corrected chi connectivity index (χ0v) is 10.3. The SMILES string of the molecule is CC(C)(C)OC(=O)C(C(N)=O)c1ccccc1. The number of benzene rings is 1. The number of primary amides is 1. The Hall–Kier alpha value is -1.84. The molecule has 0 saturated carbocycles. The average molecular weight is 235 g/mol. The molecule has 92 valence electrons. The highest BCUT2D eigenvalue weighted by molar-refractivity contribution is 6.02. The van der Waals surface area contributed by atoms with E-state index in [1.165, 1.54) is 0 Å². The van der Waals surface area contributed by atoms with Crippen molar-refractivity contribution in [3.05, 3.63) is 35.9 Å². The van der Waals surface area contributed by atoms with Gasteiger partial charge < -0.3 is 10.5 Å². The van der Waals surface area contributed by atoms with Crippen LogP contribution >= 0.6 is 0 Å². The van der Waals surface area contributed by atoms with Crippen LogP contribution in [0.25, 0.3) is 0 Å². The summed E-state index contributed by atoms with van der Waals surface area (Å²) in [7, 11) is 0. The van der Waals surface area contributed by atoms with Crippen molar-refractivity contribution >= 4 is 11.9 Å². The molecule has 1 atom stereocenters. The molecule has 0 bridgehead atoms. The second kappa shape index (κ2) is 4.99. The van der Waals surface area contributed by atoms with Gasteiger partial charge in [-0.15, -0.1) is 0 Å². The maximum atomic E-state index is 11.9. The topological polar surface area (TPSA) is 69.4 Å². The van der Waals surface area contributed by atoms with Gasteiger partial charge in [0.1, 0.15) is 5.60 Å². The van der Waals surface area contributed by atoms with Gasteiger partial charge in [-0.3, -0.25) is 9.59 Å². The Kier molecular flexibility index (Phi) is 3.89. The molecule has 4 heteroatoms. The zero-order valence-electron chi connectivity index (χ0n) is 10.3. The number of hydrogen-bond donors (Lipinski definition) is 1. The number of hydrogen-bond acceptors (Lipinski definition) is 3. The highest BCUT2D eigenvalue weighted by Crippen LogP contribution is 2.20. The molecule has 0 aliphatic carbocycles. The molecule has 1 amide bonds. The summed E-state index contributed by atoms with van der Waals surface area (Å²) in [6, 6.07) is 8.65. The van der Waals surface area contributed by atoms with E-state index in [1.54, 1.807) is 51.1 Å². The van der Waals surface area contributed by atoms with Crippen LogP contribution in [0.3, 0.4) is 0 Å². The Morgan fingerprint density at radius 1 is 1.18 bits per heavy atom. The summed E-state index contributed by atoms with van der Waals surface area (Å²) in [6.07, 6.45) is 0. The van der Waals surface area contributed by atoms with E-state index in [2.05, 4.69) is 0 Å². The normalized spacial score (nSPS) is 12.9. The molecule has 0 heterocycles. The Balaban J connectivity index is 2.96. The van der Waals surface area contributed by atoms with Crippen molar-refractivity contribution in [3.8, 4) is 0 Å². The fourth-order valence-corrected chi connectivity index (χ4v) is 1.42. The largest absolute Gasteiger partial charge is 0.459 e. The second-order valence-corrected chi connectivity index (χ2v) is 4.78. The summed E-state index contributed by atoms with van der Waals surface area (Å²) in [5.74, 6) is -2.36. The highest BCUT2D eigenvalue weighted by Gasteiger charge is 2.30. The van der Waals surface area contributed by atoms with Crippen LogP contribution in [0, 0.1) is 0 Å². The van der Waals surface area contributed by atoms with Crippen molar-refractivity contribution < 1.29 is 14.3 Å². The molecule has 4 nitrogen and oxygen atoms in total. The maximum absolute atomic E-state index is 11.9. The predicted octanol–water partition coefficient (Wildman–Crippen LogP) is 1.60. The van der Waals surface area contributed by atoms with Gasteiger partial charge in [-0.25, -0.2) is 0 Å². The number of carbonyl (C=O) groups excluding carboxylic acids is 2. The molecule has 1 aromatic carbocycles. The molecule has 0 fully saturated rings. The summed E-state index contributed by atoms with van der Waals surface area (Å²) in [5.41, 5.74) is 5.16. The number of amides is 1. The van der Waals surface area contributed by atoms with Crippen LogP contribution in [0.4, 0.5) is 0 Å². The fraction of sp³-hybridized carbons (Fsp3) is 0.385. The predicted molar refractivity (Wildman–Crippen MR) is 64.2 cm³/mol. The van der Waals surface area contributed by atoms with Crippen molar-refractivity contribution in [1.29, 1.82) is 0 Å². The molecule has 1 rings (SSSR count). The summed E-state index contributed by atoms with van der Waals surface area (Å²) in [4.78, 5) is 23.2. The van der Waals surface area contributed by atoms with Crippen molar-refractivity contribution in [2.75, 3.05) is 0 Å². The molecule has 0 aromatic heterocycles. The first-order valence-electron chi connectivity index (χ1n) is 5.38. The van der Waals surface area contributed by atoms with Crippen LogP contribution < -0.4 is 5.73 Å². The molecule has 0 radical (unpaired) electrons. The lowest BCUT2D eigenvalue weighted by molar-refractivity contribution is -0.158. The summed E-state index contributed by atoms with van der Waals surface area (Å²) < 4.78 is 5.18. The molecule has 1 unspecified atom stereocenters. The first-order chi connectivity index (χ1) is 7.81. The third kappa shape index (κ3) is 3.90. The number of carbonyl (C=O) groups is 2. The number of ether oxygens (including phenoxy) is 1. The summed E-state index contributed by atoms with van der Waals surface area (Å²) in [5, 5.41) is 0. The minimum atomic E-state index is -1.05. The molecule has 17 heavy (non-hydrogen) atoms. The van der Waals surface area contributed by atoms with Crippen molar-refractivity contribution in [2.45, 2.75) is 32.3 Å². The molecule has 0 aliphatic heterocycles. The molecular weight excluding hydrogens is 218 g/mol. The molecule has 2 N–H and O–H groups in total. The summed E-state index contributed by atoms with van der Waals surface area (Å²) in [6.45, 7) is 5.23. The zero-order chi connectivity index (χ0) is 13.1. The van der Waals surface area contributed by atoms with Gasteiger partial charge in [0.2, 0.25) is 5.91 Å². The lowest BCUT2D eigenvalue weighted by atomic mass is 9.98. The number of rotatable bonds is 3. The quantitative estimate of drug-likeness (QED) is 0.639. The van der Waals surface area contributed by atoms with Gasteiger partial charge in [0.25, 0.3) is 0 Å². The standard InChI is InChI=1S/C13H17NO3/c1-13(2,3)17-12(16)10(11(14)15)9-7-5-4-6-8-9/h4-8,10H,1-3H3,(H2,14,15). The van der Waals surface area contributed by atoms with E-state index in [4.69, 9.17) is 10.5 Å². The molecule has 0 aliphatic rings. The van der Waals surface area contributed by atoms with Crippen molar-refractivity contribution in [1.82, 2.24) is 0 Å². The van der Waals surface area contributed by atoms with E-state index in [-0.39, 0.29) is 0 Å². The van der Waals surface area contributed by atoms with Gasteiger partial charge >= 0.3 is 5.97 Å². The van der Waals surface area contributed by atoms with E-state index in [1.807, 2.05) is 0 Å². The van der Waals surface area contributed by atoms with Gasteiger partial charge in [-0.1, -0.05) is 30.3 Å². The number of nitrogens with two attached hydrogens (primary N) is 1. The molecular formula is C13H17NO3. The van der Waals surface area contributed by atoms with Crippen LogP contribution in [0.2, 0.25) is 0 Å². The third-order valence-electron chi connectivity index (χ3n) is 2.06.